The highest BCUT2D eigenvalue weighted by atomic mass is 16.5. The lowest BCUT2D eigenvalue weighted by molar-refractivity contribution is 0.00337. The first-order chi connectivity index (χ1) is 7.20. The van der Waals surface area contributed by atoms with Crippen LogP contribution in [0.2, 0.25) is 0 Å². The Labute approximate surface area is 88.2 Å². The molecule has 2 rings (SSSR count). The molecule has 1 fully saturated rings. The van der Waals surface area contributed by atoms with E-state index in [4.69, 9.17) is 15.6 Å². The van der Waals surface area contributed by atoms with Gasteiger partial charge in [-0.05, 0) is 0 Å². The first kappa shape index (κ1) is 10.3. The molecular weight excluding hydrogens is 196 g/mol. The van der Waals surface area contributed by atoms with Gasteiger partial charge in [0.15, 0.2) is 5.82 Å². The van der Waals surface area contributed by atoms with Crippen molar-refractivity contribution in [2.24, 2.45) is 7.05 Å². The van der Waals surface area contributed by atoms with Gasteiger partial charge in [-0.1, -0.05) is 0 Å². The molecule has 6 heteroatoms. The Morgan fingerprint density at radius 1 is 1.73 bits per heavy atom. The maximum Gasteiger partial charge on any atom is 0.174 e. The first-order valence-corrected chi connectivity index (χ1v) is 4.97. The summed E-state index contributed by atoms with van der Waals surface area (Å²) in [6.45, 7) is 2.03. The average Bonchev–Trinajstić information content (AvgIpc) is 2.58. The van der Waals surface area contributed by atoms with Crippen LogP contribution in [0, 0.1) is 0 Å². The zero-order chi connectivity index (χ0) is 10.8. The third-order valence-electron chi connectivity index (χ3n) is 2.48. The fourth-order valence-corrected chi connectivity index (χ4v) is 1.76. The number of hydrogen-bond acceptors (Lipinski definition) is 5. The van der Waals surface area contributed by atoms with Crippen LogP contribution < -0.4 is 10.6 Å². The van der Waals surface area contributed by atoms with E-state index >= 15 is 0 Å². The van der Waals surface area contributed by atoms with Gasteiger partial charge in [0, 0.05) is 26.3 Å². The van der Waals surface area contributed by atoms with Crippen molar-refractivity contribution in [1.82, 2.24) is 9.78 Å². The summed E-state index contributed by atoms with van der Waals surface area (Å²) in [6, 6.07) is 0. The molecule has 1 aliphatic heterocycles. The van der Waals surface area contributed by atoms with Gasteiger partial charge in [-0.25, -0.2) is 0 Å². The Bertz CT molecular complexity index is 339. The predicted octanol–water partition coefficient (Wildman–Crippen LogP) is -0.800. The zero-order valence-corrected chi connectivity index (χ0v) is 8.76. The van der Waals surface area contributed by atoms with Gasteiger partial charge in [0.1, 0.15) is 0 Å². The molecule has 1 aromatic heterocycles. The van der Waals surface area contributed by atoms with Gasteiger partial charge in [0.05, 0.1) is 25.0 Å². The number of aryl methyl sites for hydroxylation is 1. The Hall–Kier alpha value is -1.27. The molecular formula is C9H16N4O2. The van der Waals surface area contributed by atoms with E-state index in [9.17, 15) is 0 Å². The summed E-state index contributed by atoms with van der Waals surface area (Å²) >= 11 is 0. The maximum atomic E-state index is 9.02. The standard InChI is InChI=1S/C9H16N4O2/c1-12-5-8(10)9(11-12)13-2-3-15-7(4-13)6-14/h5,7,14H,2-4,6,10H2,1H3. The van der Waals surface area contributed by atoms with Gasteiger partial charge in [-0.3, -0.25) is 4.68 Å². The van der Waals surface area contributed by atoms with Crippen LogP contribution in [-0.4, -0.2) is 47.3 Å². The largest absolute Gasteiger partial charge is 0.394 e. The molecule has 1 aromatic rings. The smallest absolute Gasteiger partial charge is 0.174 e. The number of aliphatic hydroxyl groups excluding tert-OH is 1. The van der Waals surface area contributed by atoms with Crippen LogP contribution >= 0.6 is 0 Å². The minimum Gasteiger partial charge on any atom is -0.394 e. The average molecular weight is 212 g/mol. The van der Waals surface area contributed by atoms with Gasteiger partial charge in [-0.15, -0.1) is 0 Å². The zero-order valence-electron chi connectivity index (χ0n) is 8.76. The van der Waals surface area contributed by atoms with Crippen molar-refractivity contribution < 1.29 is 9.84 Å². The van der Waals surface area contributed by atoms with Crippen molar-refractivity contribution in [3.63, 3.8) is 0 Å². The molecule has 1 unspecified atom stereocenters. The fourth-order valence-electron chi connectivity index (χ4n) is 1.76. The SMILES string of the molecule is Cn1cc(N)c(N2CCOC(CO)C2)n1. The predicted molar refractivity (Wildman–Crippen MR) is 56.7 cm³/mol. The van der Waals surface area contributed by atoms with Gasteiger partial charge >= 0.3 is 0 Å². The third kappa shape index (κ3) is 2.05. The topological polar surface area (TPSA) is 76.5 Å². The lowest BCUT2D eigenvalue weighted by atomic mass is 10.3. The van der Waals surface area contributed by atoms with E-state index in [0.717, 1.165) is 12.4 Å². The van der Waals surface area contributed by atoms with E-state index in [-0.39, 0.29) is 12.7 Å². The van der Waals surface area contributed by atoms with E-state index in [1.165, 1.54) is 0 Å². The normalized spacial score (nSPS) is 22.0. The summed E-state index contributed by atoms with van der Waals surface area (Å²) in [7, 11) is 1.84. The number of aliphatic hydroxyl groups is 1. The Kier molecular flexibility index (Phi) is 2.79. The van der Waals surface area contributed by atoms with Crippen molar-refractivity contribution in [3.8, 4) is 0 Å². The number of ether oxygens (including phenoxy) is 1. The highest BCUT2D eigenvalue weighted by Gasteiger charge is 2.22. The Morgan fingerprint density at radius 2 is 2.53 bits per heavy atom. The highest BCUT2D eigenvalue weighted by molar-refractivity contribution is 5.61. The van der Waals surface area contributed by atoms with Crippen LogP contribution in [0.1, 0.15) is 0 Å². The van der Waals surface area contributed by atoms with Crippen molar-refractivity contribution in [2.45, 2.75) is 6.10 Å². The molecule has 84 valence electrons. The molecule has 6 nitrogen and oxygen atoms in total. The molecule has 0 spiro atoms. The minimum atomic E-state index is -0.139. The summed E-state index contributed by atoms with van der Waals surface area (Å²) in [5.74, 6) is 0.777. The van der Waals surface area contributed by atoms with Crippen LogP contribution in [0.5, 0.6) is 0 Å². The molecule has 0 aliphatic carbocycles. The van der Waals surface area contributed by atoms with Crippen molar-refractivity contribution in [1.29, 1.82) is 0 Å². The van der Waals surface area contributed by atoms with Crippen LogP contribution in [-0.2, 0) is 11.8 Å². The molecule has 15 heavy (non-hydrogen) atoms. The van der Waals surface area contributed by atoms with Crippen LogP contribution in [0.4, 0.5) is 11.5 Å². The summed E-state index contributed by atoms with van der Waals surface area (Å²) < 4.78 is 7.05. The Morgan fingerprint density at radius 3 is 3.13 bits per heavy atom. The van der Waals surface area contributed by atoms with E-state index in [1.807, 2.05) is 11.9 Å². The number of rotatable bonds is 2. The minimum absolute atomic E-state index is 0.0310. The van der Waals surface area contributed by atoms with Crippen molar-refractivity contribution >= 4 is 11.5 Å². The number of nitrogen functional groups attached to an aromatic ring is 1. The molecule has 0 radical (unpaired) electrons. The number of nitrogens with two attached hydrogens (primary N) is 1. The van der Waals surface area contributed by atoms with Crippen LogP contribution in [0.15, 0.2) is 6.20 Å². The molecule has 1 atom stereocenters. The summed E-state index contributed by atoms with van der Waals surface area (Å²) in [4.78, 5) is 2.04. The second kappa shape index (κ2) is 4.08. The number of aromatic nitrogens is 2. The Balaban J connectivity index is 2.13. The molecule has 1 saturated heterocycles. The van der Waals surface area contributed by atoms with Gasteiger partial charge < -0.3 is 20.5 Å². The molecule has 0 aromatic carbocycles. The highest BCUT2D eigenvalue weighted by Crippen LogP contribution is 2.22. The number of anilines is 2. The second-order valence-electron chi connectivity index (χ2n) is 3.70. The number of hydrogen-bond donors (Lipinski definition) is 2. The number of morpholine rings is 1. The molecule has 0 amide bonds. The number of nitrogens with zero attached hydrogens (tertiary/aromatic N) is 3. The summed E-state index contributed by atoms with van der Waals surface area (Å²) in [6.07, 6.45) is 1.64. The third-order valence-corrected chi connectivity index (χ3v) is 2.48. The fraction of sp³-hybridized carbons (Fsp3) is 0.667. The van der Waals surface area contributed by atoms with E-state index < -0.39 is 0 Å². The van der Waals surface area contributed by atoms with Gasteiger partial charge in [0.2, 0.25) is 0 Å². The van der Waals surface area contributed by atoms with Gasteiger partial charge in [-0.2, -0.15) is 5.10 Å². The molecule has 3 N–H and O–H groups in total. The van der Waals surface area contributed by atoms with Crippen LogP contribution in [0.3, 0.4) is 0 Å². The summed E-state index contributed by atoms with van der Waals surface area (Å²) in [5, 5.41) is 13.3. The van der Waals surface area contributed by atoms with E-state index in [1.54, 1.807) is 10.9 Å². The quantitative estimate of drug-likeness (QED) is 0.671. The van der Waals surface area contributed by atoms with Crippen molar-refractivity contribution in [2.75, 3.05) is 36.9 Å². The van der Waals surface area contributed by atoms with Crippen LogP contribution in [0.25, 0.3) is 0 Å². The molecule has 2 heterocycles. The van der Waals surface area contributed by atoms with Gasteiger partial charge in [0.25, 0.3) is 0 Å². The molecule has 0 bridgehead atoms. The maximum absolute atomic E-state index is 9.02. The monoisotopic (exact) mass is 212 g/mol. The first-order valence-electron chi connectivity index (χ1n) is 4.97. The summed E-state index contributed by atoms with van der Waals surface area (Å²) in [5.41, 5.74) is 6.49. The lowest BCUT2D eigenvalue weighted by Gasteiger charge is -2.32. The van der Waals surface area contributed by atoms with E-state index in [2.05, 4.69) is 5.10 Å². The van der Waals surface area contributed by atoms with E-state index in [0.29, 0.717) is 18.8 Å². The molecule has 1 aliphatic rings. The molecule has 0 saturated carbocycles. The van der Waals surface area contributed by atoms with Crippen molar-refractivity contribution in [3.05, 3.63) is 6.20 Å². The lowest BCUT2D eigenvalue weighted by Crippen LogP contribution is -2.44. The second-order valence-corrected chi connectivity index (χ2v) is 3.70.